The van der Waals surface area contributed by atoms with Crippen molar-refractivity contribution in [2.45, 2.75) is 14.7 Å². The summed E-state index contributed by atoms with van der Waals surface area (Å²) in [4.78, 5) is -2.77. The normalized spacial score (nSPS) is 12.4. The number of anilines is 4. The van der Waals surface area contributed by atoms with E-state index in [-0.39, 0.29) is 34.1 Å². The van der Waals surface area contributed by atoms with Crippen LogP contribution in [0.1, 0.15) is 5.56 Å². The standard InChI is InChI=1S/C35H26N10O11S3/c36-17-18-1-3-21(4-2-18)41-45-34-30(59(54,55)56)14-19-13-29(58(51,52)53)33(32(38)31(19)35(34)47)44-42-23-9-11-27(28(15-23)57(48,49)50)39-20-5-7-22(8-6-20)40-43-26-12-10-24(46)16-25(26)37/h1-16,39,46-47H,37-38H2,(H,48,49,50)(H,51,52,53)(H,54,55,56). The molecule has 0 aliphatic heterocycles. The van der Waals surface area contributed by atoms with Gasteiger partial charge in [0.2, 0.25) is 0 Å². The number of nitriles is 1. The summed E-state index contributed by atoms with van der Waals surface area (Å²) >= 11 is 0. The van der Waals surface area contributed by atoms with Crippen molar-refractivity contribution in [2.75, 3.05) is 16.8 Å². The van der Waals surface area contributed by atoms with Crippen LogP contribution in [0.15, 0.2) is 142 Å². The Hall–Kier alpha value is -7.40. The summed E-state index contributed by atoms with van der Waals surface area (Å²) in [7, 11) is -15.4. The van der Waals surface area contributed by atoms with Gasteiger partial charge in [0, 0.05) is 11.8 Å². The first-order chi connectivity index (χ1) is 27.7. The molecule has 0 saturated carbocycles. The smallest absolute Gasteiger partial charge is 0.296 e. The molecule has 6 aromatic rings. The predicted molar refractivity (Wildman–Crippen MR) is 212 cm³/mol. The van der Waals surface area contributed by atoms with Crippen LogP contribution in [0.25, 0.3) is 10.8 Å². The highest BCUT2D eigenvalue weighted by Crippen LogP contribution is 2.48. The Bertz CT molecular complexity index is 3150. The highest BCUT2D eigenvalue weighted by Gasteiger charge is 2.28. The second-order valence-electron chi connectivity index (χ2n) is 12.1. The van der Waals surface area contributed by atoms with Crippen molar-refractivity contribution in [2.24, 2.45) is 30.7 Å². The van der Waals surface area contributed by atoms with Gasteiger partial charge in [-0.1, -0.05) is 0 Å². The monoisotopic (exact) mass is 858 g/mol. The zero-order valence-corrected chi connectivity index (χ0v) is 31.9. The van der Waals surface area contributed by atoms with Crippen molar-refractivity contribution >= 4 is 98.0 Å². The number of nitrogens with one attached hydrogen (secondary N) is 1. The second kappa shape index (κ2) is 15.9. The lowest BCUT2D eigenvalue weighted by Gasteiger charge is -2.14. The minimum Gasteiger partial charge on any atom is -0.508 e. The zero-order valence-electron chi connectivity index (χ0n) is 29.4. The molecule has 10 N–H and O–H groups in total. The summed E-state index contributed by atoms with van der Waals surface area (Å²) in [6, 6.07) is 22.3. The van der Waals surface area contributed by atoms with E-state index in [1.165, 1.54) is 78.9 Å². The van der Waals surface area contributed by atoms with Gasteiger partial charge in [0.1, 0.15) is 37.5 Å². The molecule has 0 spiro atoms. The van der Waals surface area contributed by atoms with E-state index in [1.54, 1.807) is 0 Å². The molecule has 6 aromatic carbocycles. The predicted octanol–water partition coefficient (Wildman–Crippen LogP) is 8.02. The molecule has 0 bridgehead atoms. The maximum absolute atomic E-state index is 12.5. The molecule has 0 atom stereocenters. The van der Waals surface area contributed by atoms with E-state index in [1.807, 2.05) is 6.07 Å². The van der Waals surface area contributed by atoms with Crippen LogP contribution in [-0.2, 0) is 30.4 Å². The van der Waals surface area contributed by atoms with E-state index in [0.717, 1.165) is 6.07 Å². The number of fused-ring (bicyclic) bond motifs is 1. The van der Waals surface area contributed by atoms with Crippen molar-refractivity contribution in [1.29, 1.82) is 5.26 Å². The first-order valence-electron chi connectivity index (χ1n) is 16.1. The zero-order chi connectivity index (χ0) is 42.9. The summed E-state index contributed by atoms with van der Waals surface area (Å²) in [6.07, 6.45) is 0. The van der Waals surface area contributed by atoms with Crippen molar-refractivity contribution in [1.82, 2.24) is 0 Å². The molecular formula is C35H26N10O11S3. The fraction of sp³-hybridized carbons (Fsp3) is 0. The van der Waals surface area contributed by atoms with Crippen LogP contribution in [0.5, 0.6) is 11.5 Å². The molecule has 0 unspecified atom stereocenters. The number of nitrogen functional groups attached to an aromatic ring is 2. The van der Waals surface area contributed by atoms with Crippen LogP contribution in [0.3, 0.4) is 0 Å². The lowest BCUT2D eigenvalue weighted by atomic mass is 10.1. The minimum absolute atomic E-state index is 0.0438. The van der Waals surface area contributed by atoms with Gasteiger partial charge in [-0.3, -0.25) is 13.7 Å². The molecule has 0 aliphatic rings. The van der Waals surface area contributed by atoms with Gasteiger partial charge in [-0.2, -0.15) is 45.9 Å². The second-order valence-corrected chi connectivity index (χ2v) is 16.3. The van der Waals surface area contributed by atoms with Crippen molar-refractivity contribution in [3.8, 4) is 17.6 Å². The lowest BCUT2D eigenvalue weighted by molar-refractivity contribution is 0.472. The van der Waals surface area contributed by atoms with Gasteiger partial charge in [-0.25, -0.2) is 0 Å². The van der Waals surface area contributed by atoms with Gasteiger partial charge >= 0.3 is 0 Å². The molecule has 24 heteroatoms. The number of phenols is 2. The number of phenolic OH excluding ortho intramolecular Hbond substituents is 2. The number of azo groups is 3. The van der Waals surface area contributed by atoms with Gasteiger partial charge in [0.15, 0.2) is 5.75 Å². The van der Waals surface area contributed by atoms with Crippen molar-refractivity contribution in [3.63, 3.8) is 0 Å². The first-order valence-corrected chi connectivity index (χ1v) is 20.4. The summed E-state index contributed by atoms with van der Waals surface area (Å²) in [6.45, 7) is 0. The molecule has 300 valence electrons. The SMILES string of the molecule is N#Cc1ccc(N=Nc2c(S(=O)(=O)O)cc3cc(S(=O)(=O)O)c(N=Nc4ccc(Nc5ccc(N=Nc6ccc(O)cc6N)cc5)c(S(=O)(=O)O)c4)c(N)c3c2O)cc1. The maximum atomic E-state index is 12.5. The van der Waals surface area contributed by atoms with E-state index in [2.05, 4.69) is 36.0 Å². The molecule has 0 radical (unpaired) electrons. The highest BCUT2D eigenvalue weighted by molar-refractivity contribution is 7.86. The Labute approximate surface area is 333 Å². The van der Waals surface area contributed by atoms with Crippen molar-refractivity contribution < 1.29 is 49.1 Å². The highest BCUT2D eigenvalue weighted by atomic mass is 32.2. The van der Waals surface area contributed by atoms with Gasteiger partial charge in [-0.05, 0) is 96.4 Å². The number of aromatic hydroxyl groups is 2. The van der Waals surface area contributed by atoms with Gasteiger partial charge in [0.25, 0.3) is 30.4 Å². The molecule has 0 fully saturated rings. The van der Waals surface area contributed by atoms with Crippen LogP contribution in [0.2, 0.25) is 0 Å². The van der Waals surface area contributed by atoms with Crippen LogP contribution >= 0.6 is 0 Å². The Kier molecular flexibility index (Phi) is 11.1. The molecule has 0 heterocycles. The molecular weight excluding hydrogens is 833 g/mol. The van der Waals surface area contributed by atoms with Crippen molar-refractivity contribution in [3.05, 3.63) is 103 Å². The Morgan fingerprint density at radius 2 is 1.10 bits per heavy atom. The van der Waals surface area contributed by atoms with E-state index < -0.39 is 78.6 Å². The minimum atomic E-state index is -5.24. The van der Waals surface area contributed by atoms with Crippen LogP contribution in [0, 0.1) is 11.3 Å². The average Bonchev–Trinajstić information content (AvgIpc) is 3.16. The fourth-order valence-corrected chi connectivity index (χ4v) is 7.32. The molecule has 6 rings (SSSR count). The summed E-state index contributed by atoms with van der Waals surface area (Å²) < 4.78 is 105. The van der Waals surface area contributed by atoms with Gasteiger partial charge in [-0.15, -0.1) is 15.3 Å². The number of hydrogen-bond acceptors (Lipinski definition) is 18. The Morgan fingerprint density at radius 3 is 1.68 bits per heavy atom. The molecule has 0 saturated heterocycles. The number of hydrogen-bond donors (Lipinski definition) is 8. The molecule has 21 nitrogen and oxygen atoms in total. The molecule has 0 aliphatic carbocycles. The Morgan fingerprint density at radius 1 is 0.576 bits per heavy atom. The molecule has 0 amide bonds. The fourth-order valence-electron chi connectivity index (χ4n) is 5.32. The van der Waals surface area contributed by atoms with Crippen LogP contribution in [0.4, 0.5) is 56.9 Å². The van der Waals surface area contributed by atoms with E-state index in [9.17, 15) is 49.1 Å². The molecule has 59 heavy (non-hydrogen) atoms. The van der Waals surface area contributed by atoms with Crippen LogP contribution < -0.4 is 16.8 Å². The Balaban J connectivity index is 1.37. The summed E-state index contributed by atoms with van der Waals surface area (Å²) in [5.41, 5.74) is 10.9. The number of rotatable bonds is 11. The average molecular weight is 859 g/mol. The maximum Gasteiger partial charge on any atom is 0.296 e. The van der Waals surface area contributed by atoms with E-state index in [4.69, 9.17) is 16.7 Å². The third-order valence-corrected chi connectivity index (χ3v) is 10.7. The third-order valence-electron chi connectivity index (χ3n) is 8.07. The number of nitrogens with zero attached hydrogens (tertiary/aromatic N) is 7. The first kappa shape index (κ1) is 41.2. The van der Waals surface area contributed by atoms with Crippen LogP contribution in [-0.4, -0.2) is 49.1 Å². The summed E-state index contributed by atoms with van der Waals surface area (Å²) in [5.74, 6) is -1.07. The van der Waals surface area contributed by atoms with Gasteiger partial charge in [0.05, 0.1) is 51.1 Å². The molecule has 0 aromatic heterocycles. The van der Waals surface area contributed by atoms with E-state index in [0.29, 0.717) is 29.2 Å². The lowest BCUT2D eigenvalue weighted by Crippen LogP contribution is -2.04. The number of benzene rings is 6. The third kappa shape index (κ3) is 9.26. The summed E-state index contributed by atoms with van der Waals surface area (Å²) in [5, 5.41) is 55.1. The number of nitrogens with two attached hydrogens (primary N) is 2. The largest absolute Gasteiger partial charge is 0.508 e. The topological polar surface area (TPSA) is 366 Å². The quantitative estimate of drug-likeness (QED) is 0.0347. The van der Waals surface area contributed by atoms with E-state index >= 15 is 0 Å². The van der Waals surface area contributed by atoms with Gasteiger partial charge < -0.3 is 27.0 Å².